The quantitative estimate of drug-likeness (QED) is 0.479. The Morgan fingerprint density at radius 3 is 3.06 bits per heavy atom. The van der Waals surface area contributed by atoms with E-state index < -0.39 is 5.82 Å². The van der Waals surface area contributed by atoms with Crippen molar-refractivity contribution >= 4 is 34.4 Å². The van der Waals surface area contributed by atoms with Gasteiger partial charge in [-0.2, -0.15) is 0 Å². The van der Waals surface area contributed by atoms with Crippen LogP contribution >= 0.6 is 11.6 Å². The lowest BCUT2D eigenvalue weighted by Crippen LogP contribution is -2.38. The molecule has 2 atom stereocenters. The lowest BCUT2D eigenvalue weighted by atomic mass is 9.85. The standard InChI is InChI=1S/C21H24ClFN6O2/c1-31-6-5-24-21(30)12-3-2-4-14(7-12)28-20-17(23)11-27-19(29-20)16-10-26-18-15(16)8-13(22)9-25-18/h8-12,14H,2-7H2,1H3,(H,24,30)(H,25,26)(H,27,28,29)/t12?,14-/m0/s1. The Balaban J connectivity index is 1.50. The molecule has 1 unspecified atom stereocenters. The van der Waals surface area contributed by atoms with E-state index in [0.29, 0.717) is 41.6 Å². The predicted octanol–water partition coefficient (Wildman–Crippen LogP) is 3.55. The molecule has 8 nitrogen and oxygen atoms in total. The number of aromatic amines is 1. The highest BCUT2D eigenvalue weighted by Crippen LogP contribution is 2.30. The molecule has 3 N–H and O–H groups in total. The molecule has 1 aliphatic carbocycles. The number of anilines is 1. The van der Waals surface area contributed by atoms with Gasteiger partial charge >= 0.3 is 0 Å². The maximum Gasteiger partial charge on any atom is 0.223 e. The predicted molar refractivity (Wildman–Crippen MR) is 116 cm³/mol. The van der Waals surface area contributed by atoms with Gasteiger partial charge in [-0.25, -0.2) is 19.3 Å². The summed E-state index contributed by atoms with van der Waals surface area (Å²) in [5.41, 5.74) is 1.34. The molecule has 3 heterocycles. The Hall–Kier alpha value is -2.78. The Labute approximate surface area is 184 Å². The van der Waals surface area contributed by atoms with Gasteiger partial charge in [-0.3, -0.25) is 4.79 Å². The van der Waals surface area contributed by atoms with Gasteiger partial charge in [0.25, 0.3) is 0 Å². The van der Waals surface area contributed by atoms with E-state index in [1.807, 2.05) is 0 Å². The smallest absolute Gasteiger partial charge is 0.223 e. The van der Waals surface area contributed by atoms with E-state index in [1.54, 1.807) is 25.6 Å². The van der Waals surface area contributed by atoms with Gasteiger partial charge in [0.1, 0.15) is 5.65 Å². The number of fused-ring (bicyclic) bond motifs is 1. The Morgan fingerprint density at radius 1 is 1.35 bits per heavy atom. The van der Waals surface area contributed by atoms with Crippen LogP contribution < -0.4 is 10.6 Å². The molecule has 0 bridgehead atoms. The van der Waals surface area contributed by atoms with Crippen molar-refractivity contribution in [3.8, 4) is 11.4 Å². The van der Waals surface area contributed by atoms with Crippen LogP contribution in [0.5, 0.6) is 0 Å². The monoisotopic (exact) mass is 446 g/mol. The lowest BCUT2D eigenvalue weighted by Gasteiger charge is -2.29. The van der Waals surface area contributed by atoms with Gasteiger partial charge in [0.15, 0.2) is 17.5 Å². The molecule has 1 aliphatic rings. The minimum absolute atomic E-state index is 0.00979. The number of nitrogens with zero attached hydrogens (tertiary/aromatic N) is 3. The molecule has 0 aromatic carbocycles. The van der Waals surface area contributed by atoms with E-state index in [1.165, 1.54) is 0 Å². The van der Waals surface area contributed by atoms with Gasteiger partial charge in [-0.15, -0.1) is 0 Å². The van der Waals surface area contributed by atoms with Gasteiger partial charge in [-0.1, -0.05) is 18.0 Å². The van der Waals surface area contributed by atoms with Crippen LogP contribution in [0.4, 0.5) is 10.2 Å². The molecule has 1 fully saturated rings. The molecule has 3 aromatic rings. The average molecular weight is 447 g/mol. The normalized spacial score (nSPS) is 18.8. The summed E-state index contributed by atoms with van der Waals surface area (Å²) >= 11 is 6.07. The fourth-order valence-corrected chi connectivity index (χ4v) is 4.09. The molecule has 10 heteroatoms. The second-order valence-corrected chi connectivity index (χ2v) is 8.07. The number of amides is 1. The van der Waals surface area contributed by atoms with Crippen LogP contribution in [0, 0.1) is 11.7 Å². The second kappa shape index (κ2) is 9.57. The maximum absolute atomic E-state index is 14.5. The first-order valence-electron chi connectivity index (χ1n) is 10.2. The molecule has 1 amide bonds. The molecule has 0 radical (unpaired) electrons. The zero-order chi connectivity index (χ0) is 21.8. The third-order valence-electron chi connectivity index (χ3n) is 5.47. The van der Waals surface area contributed by atoms with Crippen molar-refractivity contribution < 1.29 is 13.9 Å². The van der Waals surface area contributed by atoms with Gasteiger partial charge in [0.05, 0.1) is 17.8 Å². The van der Waals surface area contributed by atoms with Crippen molar-refractivity contribution in [3.05, 3.63) is 35.5 Å². The number of hydrogen-bond acceptors (Lipinski definition) is 6. The zero-order valence-electron chi connectivity index (χ0n) is 17.1. The van der Waals surface area contributed by atoms with Gasteiger partial charge in [-0.05, 0) is 25.3 Å². The first-order valence-corrected chi connectivity index (χ1v) is 10.6. The number of hydrogen-bond donors (Lipinski definition) is 3. The van der Waals surface area contributed by atoms with E-state index in [4.69, 9.17) is 16.3 Å². The van der Waals surface area contributed by atoms with Crippen LogP contribution in [0.15, 0.2) is 24.7 Å². The summed E-state index contributed by atoms with van der Waals surface area (Å²) in [7, 11) is 1.60. The van der Waals surface area contributed by atoms with Crippen molar-refractivity contribution in [2.45, 2.75) is 31.7 Å². The summed E-state index contributed by atoms with van der Waals surface area (Å²) in [4.78, 5) is 28.2. The first-order chi connectivity index (χ1) is 15.0. The summed E-state index contributed by atoms with van der Waals surface area (Å²) in [5.74, 6) is -0.153. The third-order valence-corrected chi connectivity index (χ3v) is 5.68. The molecule has 0 aliphatic heterocycles. The lowest BCUT2D eigenvalue weighted by molar-refractivity contribution is -0.126. The van der Waals surface area contributed by atoms with Crippen LogP contribution in [0.25, 0.3) is 22.4 Å². The summed E-state index contributed by atoms with van der Waals surface area (Å²) in [5, 5.41) is 7.32. The van der Waals surface area contributed by atoms with Crippen LogP contribution in [0.3, 0.4) is 0 Å². The number of pyridine rings is 1. The maximum atomic E-state index is 14.5. The average Bonchev–Trinajstić information content (AvgIpc) is 3.18. The molecule has 1 saturated carbocycles. The number of H-pyrrole nitrogens is 1. The number of ether oxygens (including phenoxy) is 1. The Bertz CT molecular complexity index is 1080. The molecular formula is C21H24ClFN6O2. The zero-order valence-corrected chi connectivity index (χ0v) is 17.9. The fourth-order valence-electron chi connectivity index (χ4n) is 3.93. The topological polar surface area (TPSA) is 105 Å². The van der Waals surface area contributed by atoms with Gasteiger partial charge in [0.2, 0.25) is 5.91 Å². The molecule has 0 spiro atoms. The van der Waals surface area contributed by atoms with E-state index in [-0.39, 0.29) is 23.7 Å². The highest BCUT2D eigenvalue weighted by atomic mass is 35.5. The molecule has 31 heavy (non-hydrogen) atoms. The Morgan fingerprint density at radius 2 is 2.23 bits per heavy atom. The molecule has 4 rings (SSSR count). The van der Waals surface area contributed by atoms with Crippen molar-refractivity contribution in [1.29, 1.82) is 0 Å². The van der Waals surface area contributed by atoms with Crippen molar-refractivity contribution in [2.24, 2.45) is 5.92 Å². The number of carbonyl (C=O) groups excluding carboxylic acids is 1. The molecular weight excluding hydrogens is 423 g/mol. The number of halogens is 2. The number of rotatable bonds is 7. The van der Waals surface area contributed by atoms with E-state index >= 15 is 0 Å². The van der Waals surface area contributed by atoms with Crippen LogP contribution in [0.1, 0.15) is 25.7 Å². The minimum Gasteiger partial charge on any atom is -0.383 e. The largest absolute Gasteiger partial charge is 0.383 e. The SMILES string of the molecule is COCCNC(=O)C1CCC[C@H](Nc2nc(-c3c[nH]c4ncc(Cl)cc34)ncc2F)C1. The number of nitrogens with one attached hydrogen (secondary N) is 3. The Kier molecular flexibility index (Phi) is 6.62. The van der Waals surface area contributed by atoms with E-state index in [2.05, 4.69) is 30.6 Å². The number of carbonyl (C=O) groups is 1. The van der Waals surface area contributed by atoms with E-state index in [0.717, 1.165) is 30.8 Å². The molecule has 164 valence electrons. The minimum atomic E-state index is -0.536. The highest BCUT2D eigenvalue weighted by molar-refractivity contribution is 6.31. The second-order valence-electron chi connectivity index (χ2n) is 7.63. The van der Waals surface area contributed by atoms with Crippen LogP contribution in [0.2, 0.25) is 5.02 Å². The van der Waals surface area contributed by atoms with Crippen molar-refractivity contribution in [2.75, 3.05) is 25.6 Å². The number of methoxy groups -OCH3 is 1. The summed E-state index contributed by atoms with van der Waals surface area (Å²) in [6.45, 7) is 0.959. The van der Waals surface area contributed by atoms with Gasteiger partial charge < -0.3 is 20.4 Å². The number of aromatic nitrogens is 4. The summed E-state index contributed by atoms with van der Waals surface area (Å²) in [6, 6.07) is 1.71. The van der Waals surface area contributed by atoms with Crippen molar-refractivity contribution in [3.63, 3.8) is 0 Å². The van der Waals surface area contributed by atoms with E-state index in [9.17, 15) is 9.18 Å². The summed E-state index contributed by atoms with van der Waals surface area (Å²) < 4.78 is 19.5. The fraction of sp³-hybridized carbons (Fsp3) is 0.429. The summed E-state index contributed by atoms with van der Waals surface area (Å²) in [6.07, 6.45) is 7.58. The van der Waals surface area contributed by atoms with Crippen molar-refractivity contribution in [1.82, 2.24) is 25.3 Å². The highest BCUT2D eigenvalue weighted by Gasteiger charge is 2.28. The first kappa shape index (κ1) is 21.5. The van der Waals surface area contributed by atoms with Crippen LogP contribution in [-0.4, -0.2) is 52.1 Å². The molecule has 3 aromatic heterocycles. The third kappa shape index (κ3) is 4.94. The van der Waals surface area contributed by atoms with Gasteiger partial charge in [0, 0.05) is 49.0 Å². The van der Waals surface area contributed by atoms with Crippen LogP contribution in [-0.2, 0) is 9.53 Å². The molecule has 0 saturated heterocycles.